The van der Waals surface area contributed by atoms with Gasteiger partial charge < -0.3 is 15.4 Å². The van der Waals surface area contributed by atoms with E-state index in [1.807, 2.05) is 0 Å². The normalized spacial score (nSPS) is 20.1. The molecular formula is C9H22N2O2. The van der Waals surface area contributed by atoms with E-state index in [1.54, 1.807) is 0 Å². The highest BCUT2D eigenvalue weighted by atomic mass is 16.5. The molecule has 80 valence electrons. The molecule has 1 amide bonds. The number of amides is 1. The third kappa shape index (κ3) is 6.40. The smallest absolute Gasteiger partial charge is 0.407 e. The maximum Gasteiger partial charge on any atom is 0.407 e. The van der Waals surface area contributed by atoms with Crippen molar-refractivity contribution in [3.8, 4) is 0 Å². The van der Waals surface area contributed by atoms with E-state index in [9.17, 15) is 4.79 Å². The molecule has 1 rings (SSSR count). The van der Waals surface area contributed by atoms with Crippen LogP contribution in [0.1, 0.15) is 28.1 Å². The molecule has 13 heavy (non-hydrogen) atoms. The lowest BCUT2D eigenvalue weighted by Gasteiger charge is -2.08. The zero-order valence-corrected chi connectivity index (χ0v) is 8.72. The number of ether oxygens (including phenoxy) is 1. The van der Waals surface area contributed by atoms with Crippen LogP contribution in [0.25, 0.3) is 0 Å². The molecule has 0 radical (unpaired) electrons. The van der Waals surface area contributed by atoms with E-state index in [4.69, 9.17) is 0 Å². The van der Waals surface area contributed by atoms with Crippen molar-refractivity contribution >= 4 is 6.09 Å². The van der Waals surface area contributed by atoms with Crippen LogP contribution in [0.5, 0.6) is 0 Å². The first-order valence-electron chi connectivity index (χ1n) is 4.79. The Morgan fingerprint density at radius 1 is 1.69 bits per heavy atom. The molecule has 1 unspecified atom stereocenters. The van der Waals surface area contributed by atoms with Crippen molar-refractivity contribution in [2.75, 3.05) is 20.2 Å². The Morgan fingerprint density at radius 2 is 2.31 bits per heavy atom. The minimum atomic E-state index is -0.339. The van der Waals surface area contributed by atoms with Gasteiger partial charge in [-0.2, -0.15) is 0 Å². The molecule has 0 aliphatic carbocycles. The van der Waals surface area contributed by atoms with Crippen molar-refractivity contribution in [2.45, 2.75) is 32.7 Å². The van der Waals surface area contributed by atoms with E-state index in [0.717, 1.165) is 19.5 Å². The first-order valence-corrected chi connectivity index (χ1v) is 4.79. The van der Waals surface area contributed by atoms with Crippen LogP contribution in [0.4, 0.5) is 4.79 Å². The molecule has 0 saturated carbocycles. The Hall–Kier alpha value is -0.770. The summed E-state index contributed by atoms with van der Waals surface area (Å²) in [6.07, 6.45) is 1.91. The van der Waals surface area contributed by atoms with Crippen LogP contribution in [0, 0.1) is 0 Å². The topological polar surface area (TPSA) is 50.4 Å². The van der Waals surface area contributed by atoms with Crippen molar-refractivity contribution < 1.29 is 11.0 Å². The van der Waals surface area contributed by atoms with Gasteiger partial charge in [0.25, 0.3) is 0 Å². The third-order valence-corrected chi connectivity index (χ3v) is 1.57. The van der Waals surface area contributed by atoms with Crippen molar-refractivity contribution in [3.63, 3.8) is 0 Å². The van der Waals surface area contributed by atoms with Crippen LogP contribution in [0.15, 0.2) is 0 Å². The second-order valence-electron chi connectivity index (χ2n) is 3.03. The molecule has 1 fully saturated rings. The van der Waals surface area contributed by atoms with Crippen LogP contribution < -0.4 is 10.6 Å². The molecule has 4 heteroatoms. The van der Waals surface area contributed by atoms with Gasteiger partial charge >= 0.3 is 6.09 Å². The van der Waals surface area contributed by atoms with Gasteiger partial charge in [-0.3, -0.25) is 0 Å². The largest absolute Gasteiger partial charge is 0.453 e. The lowest BCUT2D eigenvalue weighted by molar-refractivity contribution is 0.167. The highest BCUT2D eigenvalue weighted by molar-refractivity contribution is 5.67. The van der Waals surface area contributed by atoms with E-state index in [1.165, 1.54) is 13.5 Å². The Kier molecular flexibility index (Phi) is 7.39. The van der Waals surface area contributed by atoms with Crippen molar-refractivity contribution in [3.05, 3.63) is 0 Å². The maximum absolute atomic E-state index is 10.6. The van der Waals surface area contributed by atoms with Gasteiger partial charge in [-0.15, -0.1) is 0 Å². The minimum absolute atomic E-state index is 0. The number of rotatable bonds is 1. The second-order valence-corrected chi connectivity index (χ2v) is 3.03. The molecule has 0 aromatic carbocycles. The summed E-state index contributed by atoms with van der Waals surface area (Å²) in [5.41, 5.74) is 0. The Morgan fingerprint density at radius 3 is 2.69 bits per heavy atom. The molecule has 1 saturated heterocycles. The summed E-state index contributed by atoms with van der Waals surface area (Å²) in [6, 6.07) is 0.257. The predicted molar refractivity (Wildman–Crippen MR) is 54.9 cm³/mol. The number of hydrogen-bond donors (Lipinski definition) is 2. The predicted octanol–water partition coefficient (Wildman–Crippen LogP) is 1.37. The summed E-state index contributed by atoms with van der Waals surface area (Å²) in [6.45, 7) is 6.09. The molecule has 0 spiro atoms. The third-order valence-electron chi connectivity index (χ3n) is 1.57. The van der Waals surface area contributed by atoms with Gasteiger partial charge in [0, 0.05) is 14.0 Å². The van der Waals surface area contributed by atoms with Crippen LogP contribution >= 0.6 is 0 Å². The molecule has 1 aliphatic heterocycles. The number of alkyl carbamates (subject to hydrolysis) is 1. The van der Waals surface area contributed by atoms with E-state index in [2.05, 4.69) is 29.2 Å². The zero-order valence-electron chi connectivity index (χ0n) is 8.72. The Balaban J connectivity index is 0. The zero-order chi connectivity index (χ0) is 10.1. The van der Waals surface area contributed by atoms with Crippen molar-refractivity contribution in [1.82, 2.24) is 10.6 Å². The second kappa shape index (κ2) is 7.86. The van der Waals surface area contributed by atoms with E-state index in [0.29, 0.717) is 0 Å². The van der Waals surface area contributed by atoms with E-state index < -0.39 is 0 Å². The van der Waals surface area contributed by atoms with Gasteiger partial charge in [-0.05, 0) is 13.0 Å². The lowest BCUT2D eigenvalue weighted by atomic mass is 10.3. The van der Waals surface area contributed by atoms with Gasteiger partial charge in [-0.25, -0.2) is 4.79 Å². The number of hydrogen-bond acceptors (Lipinski definition) is 3. The highest BCUT2D eigenvalue weighted by Crippen LogP contribution is 1.96. The summed E-state index contributed by atoms with van der Waals surface area (Å²) >= 11 is 0. The minimum Gasteiger partial charge on any atom is -0.453 e. The van der Waals surface area contributed by atoms with Crippen molar-refractivity contribution in [1.29, 1.82) is 0 Å². The van der Waals surface area contributed by atoms with Crippen LogP contribution in [-0.2, 0) is 4.74 Å². The van der Waals surface area contributed by atoms with Crippen LogP contribution in [-0.4, -0.2) is 32.3 Å². The standard InChI is InChI=1S/C6H12N2O2.C3H8.H2/c1-10-6(9)8-5-2-3-7-4-5;1-3-2;/h5,7H,2-4H2,1H3,(H,8,9);3H2,1-2H3;1H. The van der Waals surface area contributed by atoms with Gasteiger partial charge in [0.15, 0.2) is 0 Å². The molecule has 1 atom stereocenters. The molecule has 0 aromatic heterocycles. The highest BCUT2D eigenvalue weighted by Gasteiger charge is 2.15. The van der Waals surface area contributed by atoms with E-state index in [-0.39, 0.29) is 13.6 Å². The summed E-state index contributed by atoms with van der Waals surface area (Å²) in [4.78, 5) is 10.6. The maximum atomic E-state index is 10.6. The van der Waals surface area contributed by atoms with Gasteiger partial charge in [0.05, 0.1) is 7.11 Å². The summed E-state index contributed by atoms with van der Waals surface area (Å²) in [5.74, 6) is 0. The first-order chi connectivity index (χ1) is 6.24. The molecular weight excluding hydrogens is 168 g/mol. The van der Waals surface area contributed by atoms with Crippen molar-refractivity contribution in [2.24, 2.45) is 0 Å². The first kappa shape index (κ1) is 12.2. The Labute approximate surface area is 81.5 Å². The Bertz CT molecular complexity index is 139. The summed E-state index contributed by atoms with van der Waals surface area (Å²) < 4.78 is 4.43. The van der Waals surface area contributed by atoms with Crippen LogP contribution in [0.3, 0.4) is 0 Å². The number of carbonyl (C=O) groups is 1. The fourth-order valence-electron chi connectivity index (χ4n) is 1.00. The summed E-state index contributed by atoms with van der Waals surface area (Å²) in [7, 11) is 1.37. The van der Waals surface area contributed by atoms with Gasteiger partial charge in [-0.1, -0.05) is 20.3 Å². The quantitative estimate of drug-likeness (QED) is 0.656. The molecule has 4 nitrogen and oxygen atoms in total. The molecule has 1 heterocycles. The average Bonchev–Trinajstić information content (AvgIpc) is 2.58. The summed E-state index contributed by atoms with van der Waals surface area (Å²) in [5, 5.41) is 5.84. The lowest BCUT2D eigenvalue weighted by Crippen LogP contribution is -2.35. The van der Waals surface area contributed by atoms with E-state index >= 15 is 0 Å². The average molecular weight is 190 g/mol. The molecule has 2 N–H and O–H groups in total. The number of methoxy groups -OCH3 is 1. The van der Waals surface area contributed by atoms with Crippen LogP contribution in [0.2, 0.25) is 0 Å². The SMILES string of the molecule is CCC.COC(=O)NC1CCNC1.[HH]. The molecule has 0 bridgehead atoms. The number of carbonyl (C=O) groups excluding carboxylic acids is 1. The fraction of sp³-hybridized carbons (Fsp3) is 0.889. The van der Waals surface area contributed by atoms with Gasteiger partial charge in [0.1, 0.15) is 0 Å². The molecule has 0 aromatic rings. The monoisotopic (exact) mass is 190 g/mol. The molecule has 1 aliphatic rings. The van der Waals surface area contributed by atoms with Gasteiger partial charge in [0.2, 0.25) is 0 Å². The number of nitrogens with one attached hydrogen (secondary N) is 2. The fourth-order valence-corrected chi connectivity index (χ4v) is 1.00.